The Hall–Kier alpha value is -1.10. The van der Waals surface area contributed by atoms with Crippen LogP contribution in [0.4, 0.5) is 0 Å². The summed E-state index contributed by atoms with van der Waals surface area (Å²) < 4.78 is 0. The van der Waals surface area contributed by atoms with E-state index in [0.29, 0.717) is 18.9 Å². The molecule has 20 heavy (non-hydrogen) atoms. The van der Waals surface area contributed by atoms with Gasteiger partial charge in [-0.1, -0.05) is 19.8 Å². The first-order valence-electron chi connectivity index (χ1n) is 7.66. The van der Waals surface area contributed by atoms with Crippen molar-refractivity contribution < 1.29 is 9.59 Å². The molecular formula is C15H29N3O2. The van der Waals surface area contributed by atoms with E-state index in [1.54, 1.807) is 4.90 Å². The lowest BCUT2D eigenvalue weighted by molar-refractivity contribution is -0.142. The van der Waals surface area contributed by atoms with Gasteiger partial charge in [-0.15, -0.1) is 0 Å². The highest BCUT2D eigenvalue weighted by Crippen LogP contribution is 2.31. The van der Waals surface area contributed by atoms with Gasteiger partial charge in [-0.05, 0) is 39.5 Å². The minimum absolute atomic E-state index is 0.0783. The van der Waals surface area contributed by atoms with Gasteiger partial charge in [0.05, 0.1) is 12.1 Å². The van der Waals surface area contributed by atoms with Gasteiger partial charge in [-0.2, -0.15) is 0 Å². The average Bonchev–Trinajstić information content (AvgIpc) is 2.34. The summed E-state index contributed by atoms with van der Waals surface area (Å²) in [5.41, 5.74) is 5.54. The average molecular weight is 283 g/mol. The number of nitrogens with zero attached hydrogens (tertiary/aromatic N) is 1. The van der Waals surface area contributed by atoms with Gasteiger partial charge in [-0.25, -0.2) is 0 Å². The smallest absolute Gasteiger partial charge is 0.243 e. The van der Waals surface area contributed by atoms with E-state index in [0.717, 1.165) is 19.3 Å². The Morgan fingerprint density at radius 3 is 2.60 bits per heavy atom. The van der Waals surface area contributed by atoms with Crippen LogP contribution in [0.1, 0.15) is 53.4 Å². The number of carbonyl (C=O) groups is 2. The fourth-order valence-corrected chi connectivity index (χ4v) is 2.97. The van der Waals surface area contributed by atoms with Gasteiger partial charge < -0.3 is 16.0 Å². The molecule has 1 saturated carbocycles. The van der Waals surface area contributed by atoms with Crippen molar-refractivity contribution in [3.63, 3.8) is 0 Å². The van der Waals surface area contributed by atoms with Crippen molar-refractivity contribution >= 4 is 11.8 Å². The first kappa shape index (κ1) is 17.0. The second kappa shape index (κ2) is 7.07. The molecule has 0 aromatic rings. The van der Waals surface area contributed by atoms with Crippen molar-refractivity contribution in [2.75, 3.05) is 13.1 Å². The molecule has 0 radical (unpaired) electrons. The fraction of sp³-hybridized carbons (Fsp3) is 0.867. The quantitative estimate of drug-likeness (QED) is 0.798. The summed E-state index contributed by atoms with van der Waals surface area (Å²) in [5, 5.41) is 2.81. The summed E-state index contributed by atoms with van der Waals surface area (Å²) in [5.74, 6) is 0.272. The maximum absolute atomic E-state index is 12.6. The van der Waals surface area contributed by atoms with Crippen LogP contribution in [0, 0.1) is 5.92 Å². The third-order valence-corrected chi connectivity index (χ3v) is 3.91. The standard InChI is InChI=1S/C15H29N3O2/c1-5-18(10-13(19)17-11(2)3)14(20)15(16)8-6-7-12(4)9-15/h11-12H,5-10,16H2,1-4H3,(H,17,19). The summed E-state index contributed by atoms with van der Waals surface area (Å²) in [7, 11) is 0. The van der Waals surface area contributed by atoms with E-state index in [1.807, 2.05) is 20.8 Å². The monoisotopic (exact) mass is 283 g/mol. The molecule has 1 aliphatic carbocycles. The van der Waals surface area contributed by atoms with Crippen LogP contribution in [-0.4, -0.2) is 41.4 Å². The van der Waals surface area contributed by atoms with Crippen molar-refractivity contribution in [1.82, 2.24) is 10.2 Å². The second-order valence-corrected chi connectivity index (χ2v) is 6.40. The van der Waals surface area contributed by atoms with E-state index in [9.17, 15) is 9.59 Å². The molecule has 2 atom stereocenters. The van der Waals surface area contributed by atoms with E-state index in [2.05, 4.69) is 12.2 Å². The summed E-state index contributed by atoms with van der Waals surface area (Å²) >= 11 is 0. The van der Waals surface area contributed by atoms with Gasteiger partial charge in [0.25, 0.3) is 0 Å². The molecule has 116 valence electrons. The molecule has 5 nitrogen and oxygen atoms in total. The maximum Gasteiger partial charge on any atom is 0.243 e. The largest absolute Gasteiger partial charge is 0.352 e. The van der Waals surface area contributed by atoms with Crippen LogP contribution in [0.3, 0.4) is 0 Å². The highest BCUT2D eigenvalue weighted by atomic mass is 16.2. The van der Waals surface area contributed by atoms with Crippen LogP contribution in [-0.2, 0) is 9.59 Å². The lowest BCUT2D eigenvalue weighted by atomic mass is 9.76. The molecular weight excluding hydrogens is 254 g/mol. The van der Waals surface area contributed by atoms with Crippen molar-refractivity contribution in [2.45, 2.75) is 65.0 Å². The number of nitrogens with two attached hydrogens (primary N) is 1. The number of carbonyl (C=O) groups excluding carboxylic acids is 2. The van der Waals surface area contributed by atoms with Gasteiger partial charge in [-0.3, -0.25) is 9.59 Å². The Bertz CT molecular complexity index is 357. The molecule has 3 N–H and O–H groups in total. The lowest BCUT2D eigenvalue weighted by Gasteiger charge is -2.38. The predicted molar refractivity (Wildman–Crippen MR) is 80.1 cm³/mol. The Labute approximate surface area is 122 Å². The second-order valence-electron chi connectivity index (χ2n) is 6.40. The first-order valence-corrected chi connectivity index (χ1v) is 7.66. The zero-order chi connectivity index (χ0) is 15.3. The van der Waals surface area contributed by atoms with Crippen molar-refractivity contribution in [3.05, 3.63) is 0 Å². The summed E-state index contributed by atoms with van der Waals surface area (Å²) in [6, 6.07) is 0.0813. The normalized spacial score (nSPS) is 26.4. The first-order chi connectivity index (χ1) is 9.28. The van der Waals surface area contributed by atoms with E-state index in [-0.39, 0.29) is 24.4 Å². The third kappa shape index (κ3) is 4.47. The molecule has 2 unspecified atom stereocenters. The Kier molecular flexibility index (Phi) is 5.99. The van der Waals surface area contributed by atoms with Crippen molar-refractivity contribution in [1.29, 1.82) is 0 Å². The Balaban J connectivity index is 2.68. The highest BCUT2D eigenvalue weighted by Gasteiger charge is 2.40. The molecule has 0 bridgehead atoms. The van der Waals surface area contributed by atoms with Crippen LogP contribution < -0.4 is 11.1 Å². The number of rotatable bonds is 5. The fourth-order valence-electron chi connectivity index (χ4n) is 2.97. The van der Waals surface area contributed by atoms with Crippen LogP contribution in [0.15, 0.2) is 0 Å². The predicted octanol–water partition coefficient (Wildman–Crippen LogP) is 1.27. The molecule has 5 heteroatoms. The molecule has 0 spiro atoms. The SMILES string of the molecule is CCN(CC(=O)NC(C)C)C(=O)C1(N)CCCC(C)C1. The number of amides is 2. The van der Waals surface area contributed by atoms with E-state index in [4.69, 9.17) is 5.73 Å². The molecule has 1 fully saturated rings. The number of hydrogen-bond acceptors (Lipinski definition) is 3. The highest BCUT2D eigenvalue weighted by molar-refractivity contribution is 5.90. The summed E-state index contributed by atoms with van der Waals surface area (Å²) in [6.07, 6.45) is 3.55. The van der Waals surface area contributed by atoms with Gasteiger partial charge in [0.15, 0.2) is 0 Å². The number of hydrogen-bond donors (Lipinski definition) is 2. The molecule has 0 aromatic carbocycles. The lowest BCUT2D eigenvalue weighted by Crippen LogP contribution is -2.58. The molecule has 0 heterocycles. The van der Waals surface area contributed by atoms with Gasteiger partial charge in [0.1, 0.15) is 0 Å². The van der Waals surface area contributed by atoms with Crippen LogP contribution >= 0.6 is 0 Å². The van der Waals surface area contributed by atoms with Crippen molar-refractivity contribution in [3.8, 4) is 0 Å². The maximum atomic E-state index is 12.6. The van der Waals surface area contributed by atoms with Gasteiger partial charge in [0.2, 0.25) is 11.8 Å². The minimum Gasteiger partial charge on any atom is -0.352 e. The minimum atomic E-state index is -0.786. The van der Waals surface area contributed by atoms with Crippen LogP contribution in [0.5, 0.6) is 0 Å². The number of nitrogens with one attached hydrogen (secondary N) is 1. The molecule has 1 aliphatic rings. The van der Waals surface area contributed by atoms with Crippen LogP contribution in [0.25, 0.3) is 0 Å². The Morgan fingerprint density at radius 2 is 2.10 bits per heavy atom. The Morgan fingerprint density at radius 1 is 1.45 bits per heavy atom. The molecule has 0 aromatic heterocycles. The molecule has 2 amide bonds. The zero-order valence-electron chi connectivity index (χ0n) is 13.2. The summed E-state index contributed by atoms with van der Waals surface area (Å²) in [6.45, 7) is 8.44. The van der Waals surface area contributed by atoms with E-state index in [1.165, 1.54) is 0 Å². The van der Waals surface area contributed by atoms with E-state index >= 15 is 0 Å². The molecule has 0 aliphatic heterocycles. The van der Waals surface area contributed by atoms with Gasteiger partial charge in [0, 0.05) is 12.6 Å². The van der Waals surface area contributed by atoms with E-state index < -0.39 is 5.54 Å². The third-order valence-electron chi connectivity index (χ3n) is 3.91. The number of likely N-dealkylation sites (N-methyl/N-ethyl adjacent to an activating group) is 1. The zero-order valence-corrected chi connectivity index (χ0v) is 13.2. The topological polar surface area (TPSA) is 75.4 Å². The van der Waals surface area contributed by atoms with Gasteiger partial charge >= 0.3 is 0 Å². The molecule has 1 rings (SSSR count). The summed E-state index contributed by atoms with van der Waals surface area (Å²) in [4.78, 5) is 26.1. The van der Waals surface area contributed by atoms with Crippen LogP contribution in [0.2, 0.25) is 0 Å². The van der Waals surface area contributed by atoms with Crippen molar-refractivity contribution in [2.24, 2.45) is 11.7 Å². The molecule has 0 saturated heterocycles.